The van der Waals surface area contributed by atoms with Gasteiger partial charge in [0.1, 0.15) is 5.75 Å². The molecule has 1 aliphatic rings. The smallest absolute Gasteiger partial charge is 0.243 e. The quantitative estimate of drug-likeness (QED) is 0.747. The number of nitrogens with one attached hydrogen (secondary N) is 1. The minimum absolute atomic E-state index is 0.0301. The van der Waals surface area contributed by atoms with Crippen molar-refractivity contribution >= 4 is 21.6 Å². The predicted molar refractivity (Wildman–Crippen MR) is 111 cm³/mol. The Morgan fingerprint density at radius 1 is 1.17 bits per heavy atom. The SMILES string of the molecule is COc1ccc(S(=O)(=O)N2CCOCC2)cc1NC(=O)C[C@H](C)c1ccccc1. The van der Waals surface area contributed by atoms with E-state index in [0.717, 1.165) is 5.56 Å². The number of nitrogens with zero attached hydrogens (tertiary/aromatic N) is 1. The number of amides is 1. The summed E-state index contributed by atoms with van der Waals surface area (Å²) in [7, 11) is -2.18. The lowest BCUT2D eigenvalue weighted by Crippen LogP contribution is -2.40. The van der Waals surface area contributed by atoms with Gasteiger partial charge in [-0.25, -0.2) is 8.42 Å². The number of morpholine rings is 1. The molecular weight excluding hydrogens is 392 g/mol. The Morgan fingerprint density at radius 3 is 2.52 bits per heavy atom. The second kappa shape index (κ2) is 9.39. The molecule has 1 aliphatic heterocycles. The Bertz CT molecular complexity index is 941. The fourth-order valence-corrected chi connectivity index (χ4v) is 4.69. The van der Waals surface area contributed by atoms with Crippen LogP contribution in [0.25, 0.3) is 0 Å². The molecule has 0 bridgehead atoms. The Labute approximate surface area is 171 Å². The van der Waals surface area contributed by atoms with Crippen LogP contribution in [0.3, 0.4) is 0 Å². The van der Waals surface area contributed by atoms with E-state index in [1.54, 1.807) is 6.07 Å². The van der Waals surface area contributed by atoms with Gasteiger partial charge in [-0.2, -0.15) is 4.31 Å². The van der Waals surface area contributed by atoms with E-state index < -0.39 is 10.0 Å². The molecule has 1 atom stereocenters. The van der Waals surface area contributed by atoms with Gasteiger partial charge < -0.3 is 14.8 Å². The third-order valence-corrected chi connectivity index (χ3v) is 6.81. The van der Waals surface area contributed by atoms with Crippen LogP contribution >= 0.6 is 0 Å². The highest BCUT2D eigenvalue weighted by molar-refractivity contribution is 7.89. The molecule has 0 aliphatic carbocycles. The van der Waals surface area contributed by atoms with Gasteiger partial charge in [0.15, 0.2) is 0 Å². The lowest BCUT2D eigenvalue weighted by Gasteiger charge is -2.26. The standard InChI is InChI=1S/C21H26N2O5S/c1-16(17-6-4-3-5-7-17)14-21(24)22-19-15-18(8-9-20(19)27-2)29(25,26)23-10-12-28-13-11-23/h3-9,15-16H,10-14H2,1-2H3,(H,22,24)/t16-/m0/s1. The number of anilines is 1. The molecule has 8 heteroatoms. The largest absolute Gasteiger partial charge is 0.495 e. The highest BCUT2D eigenvalue weighted by Gasteiger charge is 2.27. The number of sulfonamides is 1. The third kappa shape index (κ3) is 5.14. The van der Waals surface area contributed by atoms with E-state index in [4.69, 9.17) is 9.47 Å². The summed E-state index contributed by atoms with van der Waals surface area (Å²) in [4.78, 5) is 12.7. The number of ether oxygens (including phenoxy) is 2. The number of hydrogen-bond donors (Lipinski definition) is 1. The summed E-state index contributed by atoms with van der Waals surface area (Å²) in [6, 6.07) is 14.3. The zero-order valence-electron chi connectivity index (χ0n) is 16.6. The monoisotopic (exact) mass is 418 g/mol. The molecule has 156 valence electrons. The van der Waals surface area contributed by atoms with Crippen molar-refractivity contribution in [2.24, 2.45) is 0 Å². The molecule has 2 aromatic carbocycles. The molecule has 1 fully saturated rings. The third-order valence-electron chi connectivity index (χ3n) is 4.91. The number of hydrogen-bond acceptors (Lipinski definition) is 5. The van der Waals surface area contributed by atoms with Gasteiger partial charge in [-0.3, -0.25) is 4.79 Å². The molecule has 29 heavy (non-hydrogen) atoms. The average Bonchev–Trinajstić information content (AvgIpc) is 2.74. The van der Waals surface area contributed by atoms with Gasteiger partial charge in [0.25, 0.3) is 0 Å². The first-order valence-electron chi connectivity index (χ1n) is 9.52. The first-order valence-corrected chi connectivity index (χ1v) is 11.0. The summed E-state index contributed by atoms with van der Waals surface area (Å²) in [6.07, 6.45) is 0.271. The highest BCUT2D eigenvalue weighted by atomic mass is 32.2. The van der Waals surface area contributed by atoms with Crippen molar-refractivity contribution in [3.63, 3.8) is 0 Å². The number of methoxy groups -OCH3 is 1. The first-order chi connectivity index (χ1) is 13.9. The lowest BCUT2D eigenvalue weighted by atomic mass is 9.97. The molecule has 0 radical (unpaired) electrons. The average molecular weight is 419 g/mol. The summed E-state index contributed by atoms with van der Waals surface area (Å²) < 4.78 is 37.7. The second-order valence-corrected chi connectivity index (χ2v) is 8.88. The summed E-state index contributed by atoms with van der Waals surface area (Å²) >= 11 is 0. The molecule has 1 saturated heterocycles. The Morgan fingerprint density at radius 2 is 1.86 bits per heavy atom. The van der Waals surface area contributed by atoms with Crippen molar-refractivity contribution < 1.29 is 22.7 Å². The van der Waals surface area contributed by atoms with Gasteiger partial charge in [-0.15, -0.1) is 0 Å². The van der Waals surface area contributed by atoms with E-state index in [2.05, 4.69) is 5.32 Å². The molecule has 2 aromatic rings. The van der Waals surface area contributed by atoms with E-state index in [1.807, 2.05) is 37.3 Å². The Kier molecular flexibility index (Phi) is 6.89. The van der Waals surface area contributed by atoms with Gasteiger partial charge in [-0.1, -0.05) is 37.3 Å². The molecule has 1 heterocycles. The van der Waals surface area contributed by atoms with Crippen LogP contribution in [0.15, 0.2) is 53.4 Å². The predicted octanol–water partition coefficient (Wildman–Crippen LogP) is 2.85. The molecule has 0 aromatic heterocycles. The topological polar surface area (TPSA) is 84.9 Å². The van der Waals surface area contributed by atoms with Crippen LogP contribution in [0.4, 0.5) is 5.69 Å². The molecule has 1 amide bonds. The van der Waals surface area contributed by atoms with Crippen LogP contribution in [0.2, 0.25) is 0 Å². The van der Waals surface area contributed by atoms with E-state index >= 15 is 0 Å². The lowest BCUT2D eigenvalue weighted by molar-refractivity contribution is -0.116. The summed E-state index contributed by atoms with van der Waals surface area (Å²) in [5.74, 6) is 0.231. The first kappa shape index (κ1) is 21.3. The van der Waals surface area contributed by atoms with Gasteiger partial charge in [0.05, 0.1) is 30.9 Å². The highest BCUT2D eigenvalue weighted by Crippen LogP contribution is 2.30. The van der Waals surface area contributed by atoms with Crippen LogP contribution in [-0.4, -0.2) is 52.0 Å². The van der Waals surface area contributed by atoms with Gasteiger partial charge in [0, 0.05) is 19.5 Å². The summed E-state index contributed by atoms with van der Waals surface area (Å²) in [6.45, 7) is 3.34. The minimum Gasteiger partial charge on any atom is -0.495 e. The van der Waals surface area contributed by atoms with E-state index in [9.17, 15) is 13.2 Å². The summed E-state index contributed by atoms with van der Waals surface area (Å²) in [5.41, 5.74) is 1.41. The van der Waals surface area contributed by atoms with Gasteiger partial charge in [-0.05, 0) is 29.7 Å². The Hall–Kier alpha value is -2.42. The fraction of sp³-hybridized carbons (Fsp3) is 0.381. The Balaban J connectivity index is 1.77. The normalized spacial score (nSPS) is 16.2. The van der Waals surface area contributed by atoms with Crippen LogP contribution in [0.1, 0.15) is 24.8 Å². The van der Waals surface area contributed by atoms with Crippen molar-refractivity contribution in [1.82, 2.24) is 4.31 Å². The van der Waals surface area contributed by atoms with Crippen molar-refractivity contribution in [3.05, 3.63) is 54.1 Å². The van der Waals surface area contributed by atoms with Crippen molar-refractivity contribution in [2.45, 2.75) is 24.2 Å². The fourth-order valence-electron chi connectivity index (χ4n) is 3.26. The van der Waals surface area contributed by atoms with E-state index in [-0.39, 0.29) is 23.1 Å². The molecule has 3 rings (SSSR count). The number of benzene rings is 2. The minimum atomic E-state index is -3.66. The summed E-state index contributed by atoms with van der Waals surface area (Å²) in [5, 5.41) is 2.81. The number of carbonyl (C=O) groups is 1. The maximum atomic E-state index is 12.9. The van der Waals surface area contributed by atoms with Crippen molar-refractivity contribution in [3.8, 4) is 5.75 Å². The van der Waals surface area contributed by atoms with Crippen LogP contribution in [-0.2, 0) is 19.6 Å². The zero-order valence-corrected chi connectivity index (χ0v) is 17.4. The molecule has 0 unspecified atom stereocenters. The number of carbonyl (C=O) groups excluding carboxylic acids is 1. The van der Waals surface area contributed by atoms with Crippen molar-refractivity contribution in [2.75, 3.05) is 38.7 Å². The van der Waals surface area contributed by atoms with Crippen LogP contribution < -0.4 is 10.1 Å². The van der Waals surface area contributed by atoms with Gasteiger partial charge in [0.2, 0.25) is 15.9 Å². The molecular formula is C21H26N2O5S. The molecule has 0 spiro atoms. The van der Waals surface area contributed by atoms with Crippen LogP contribution in [0, 0.1) is 0 Å². The van der Waals surface area contributed by atoms with Gasteiger partial charge >= 0.3 is 0 Å². The second-order valence-electron chi connectivity index (χ2n) is 6.94. The molecule has 1 N–H and O–H groups in total. The van der Waals surface area contributed by atoms with Crippen molar-refractivity contribution in [1.29, 1.82) is 0 Å². The van der Waals surface area contributed by atoms with E-state index in [0.29, 0.717) is 37.7 Å². The number of rotatable bonds is 7. The van der Waals surface area contributed by atoms with E-state index in [1.165, 1.54) is 23.5 Å². The maximum absolute atomic E-state index is 12.9. The van der Waals surface area contributed by atoms with Crippen LogP contribution in [0.5, 0.6) is 5.75 Å². The molecule has 7 nitrogen and oxygen atoms in total. The molecule has 0 saturated carbocycles. The maximum Gasteiger partial charge on any atom is 0.243 e. The zero-order chi connectivity index (χ0) is 20.9.